The summed E-state index contributed by atoms with van der Waals surface area (Å²) in [7, 11) is 0. The van der Waals surface area contributed by atoms with E-state index in [0.29, 0.717) is 12.2 Å². The molecule has 1 N–H and O–H groups in total. The Morgan fingerprint density at radius 1 is 1.16 bits per heavy atom. The number of alkyl halides is 3. The summed E-state index contributed by atoms with van der Waals surface area (Å²) in [5.41, 5.74) is 1.34. The second-order valence-electron chi connectivity index (χ2n) is 3.68. The number of ether oxygens (including phenoxy) is 1. The number of nitrogens with one attached hydrogen (secondary N) is 1. The molecular formula is C12H10F3N3O. The molecule has 1 aromatic carbocycles. The van der Waals surface area contributed by atoms with Gasteiger partial charge in [0.2, 0.25) is 0 Å². The average Bonchev–Trinajstić information content (AvgIpc) is 2.36. The number of rotatable bonds is 4. The van der Waals surface area contributed by atoms with Gasteiger partial charge in [-0.25, -0.2) is 9.97 Å². The Morgan fingerprint density at radius 3 is 2.58 bits per heavy atom. The van der Waals surface area contributed by atoms with Gasteiger partial charge in [-0.05, 0) is 12.1 Å². The molecule has 0 aliphatic heterocycles. The molecule has 4 nitrogen and oxygen atoms in total. The summed E-state index contributed by atoms with van der Waals surface area (Å²) in [5, 5.41) is 2.96. The zero-order valence-electron chi connectivity index (χ0n) is 9.69. The molecule has 0 aliphatic rings. The largest absolute Gasteiger partial charge is 0.573 e. The van der Waals surface area contributed by atoms with Crippen LogP contribution in [0, 0.1) is 0 Å². The molecule has 0 unspecified atom stereocenters. The van der Waals surface area contributed by atoms with Crippen LogP contribution in [-0.4, -0.2) is 16.3 Å². The Morgan fingerprint density at radius 2 is 1.89 bits per heavy atom. The van der Waals surface area contributed by atoms with Gasteiger partial charge in [0.15, 0.2) is 0 Å². The van der Waals surface area contributed by atoms with Crippen LogP contribution in [0.3, 0.4) is 0 Å². The SMILES string of the molecule is FC(F)(F)Oc1cccc(NCc2cncnc2)c1. The molecule has 0 saturated heterocycles. The summed E-state index contributed by atoms with van der Waals surface area (Å²) in [6.07, 6.45) is -0.0423. The topological polar surface area (TPSA) is 47.0 Å². The Bertz CT molecular complexity index is 531. The maximum atomic E-state index is 12.1. The third kappa shape index (κ3) is 4.46. The van der Waals surface area contributed by atoms with E-state index in [4.69, 9.17) is 0 Å². The fraction of sp³-hybridized carbons (Fsp3) is 0.167. The van der Waals surface area contributed by atoms with E-state index in [1.165, 1.54) is 24.5 Å². The second-order valence-corrected chi connectivity index (χ2v) is 3.68. The number of aromatic nitrogens is 2. The van der Waals surface area contributed by atoms with Crippen LogP contribution in [0.15, 0.2) is 43.0 Å². The fourth-order valence-electron chi connectivity index (χ4n) is 1.43. The summed E-state index contributed by atoms with van der Waals surface area (Å²) in [4.78, 5) is 7.68. The van der Waals surface area contributed by atoms with Crippen molar-refractivity contribution in [1.29, 1.82) is 0 Å². The average molecular weight is 269 g/mol. The van der Waals surface area contributed by atoms with Crippen LogP contribution in [0.2, 0.25) is 0 Å². The Labute approximate surface area is 107 Å². The predicted octanol–water partition coefficient (Wildman–Crippen LogP) is 2.99. The minimum Gasteiger partial charge on any atom is -0.406 e. The Hall–Kier alpha value is -2.31. The molecule has 0 radical (unpaired) electrons. The molecule has 19 heavy (non-hydrogen) atoms. The van der Waals surface area contributed by atoms with Gasteiger partial charge >= 0.3 is 6.36 Å². The smallest absolute Gasteiger partial charge is 0.406 e. The van der Waals surface area contributed by atoms with Crippen molar-refractivity contribution in [3.8, 4) is 5.75 Å². The molecule has 1 aromatic heterocycles. The third-order valence-corrected chi connectivity index (χ3v) is 2.18. The van der Waals surface area contributed by atoms with Crippen LogP contribution in [0.1, 0.15) is 5.56 Å². The molecule has 0 aliphatic carbocycles. The summed E-state index contributed by atoms with van der Waals surface area (Å²) in [5.74, 6) is -0.262. The number of hydrogen-bond donors (Lipinski definition) is 1. The normalized spacial score (nSPS) is 11.1. The first-order chi connectivity index (χ1) is 9.03. The van der Waals surface area contributed by atoms with E-state index in [-0.39, 0.29) is 5.75 Å². The van der Waals surface area contributed by atoms with Crippen molar-refractivity contribution in [1.82, 2.24) is 9.97 Å². The van der Waals surface area contributed by atoms with Gasteiger partial charge in [-0.2, -0.15) is 0 Å². The van der Waals surface area contributed by atoms with Crippen molar-refractivity contribution in [3.63, 3.8) is 0 Å². The molecule has 0 saturated carbocycles. The van der Waals surface area contributed by atoms with E-state index < -0.39 is 6.36 Å². The molecule has 0 bridgehead atoms. The minimum absolute atomic E-state index is 0.262. The lowest BCUT2D eigenvalue weighted by molar-refractivity contribution is -0.274. The number of halogens is 3. The second kappa shape index (κ2) is 5.55. The van der Waals surface area contributed by atoms with Crippen LogP contribution in [0.5, 0.6) is 5.75 Å². The number of benzene rings is 1. The third-order valence-electron chi connectivity index (χ3n) is 2.18. The van der Waals surface area contributed by atoms with Crippen LogP contribution in [-0.2, 0) is 6.54 Å². The van der Waals surface area contributed by atoms with E-state index in [2.05, 4.69) is 20.0 Å². The van der Waals surface area contributed by atoms with Gasteiger partial charge in [0.25, 0.3) is 0 Å². The van der Waals surface area contributed by atoms with Gasteiger partial charge in [-0.15, -0.1) is 13.2 Å². The Balaban J connectivity index is 1.99. The van der Waals surface area contributed by atoms with E-state index >= 15 is 0 Å². The molecule has 2 rings (SSSR count). The van der Waals surface area contributed by atoms with Gasteiger partial charge in [0, 0.05) is 36.3 Å². The monoisotopic (exact) mass is 269 g/mol. The zero-order valence-corrected chi connectivity index (χ0v) is 9.69. The highest BCUT2D eigenvalue weighted by Crippen LogP contribution is 2.25. The molecule has 7 heteroatoms. The quantitative estimate of drug-likeness (QED) is 0.926. The first-order valence-electron chi connectivity index (χ1n) is 5.36. The number of hydrogen-bond acceptors (Lipinski definition) is 4. The van der Waals surface area contributed by atoms with E-state index in [9.17, 15) is 13.2 Å². The fourth-order valence-corrected chi connectivity index (χ4v) is 1.43. The van der Waals surface area contributed by atoms with Crippen LogP contribution >= 0.6 is 0 Å². The highest BCUT2D eigenvalue weighted by atomic mass is 19.4. The lowest BCUT2D eigenvalue weighted by Gasteiger charge is -2.11. The highest BCUT2D eigenvalue weighted by molar-refractivity contribution is 5.48. The molecule has 1 heterocycles. The number of anilines is 1. The summed E-state index contributed by atoms with van der Waals surface area (Å²) in [6, 6.07) is 5.64. The summed E-state index contributed by atoms with van der Waals surface area (Å²) >= 11 is 0. The minimum atomic E-state index is -4.69. The lowest BCUT2D eigenvalue weighted by atomic mass is 10.3. The zero-order chi connectivity index (χ0) is 13.7. The van der Waals surface area contributed by atoms with Gasteiger partial charge in [-0.3, -0.25) is 0 Å². The predicted molar refractivity (Wildman–Crippen MR) is 62.5 cm³/mol. The molecular weight excluding hydrogens is 259 g/mol. The molecule has 0 fully saturated rings. The van der Waals surface area contributed by atoms with E-state index in [1.54, 1.807) is 18.5 Å². The Kier molecular flexibility index (Phi) is 3.84. The first-order valence-corrected chi connectivity index (χ1v) is 5.36. The summed E-state index contributed by atoms with van der Waals surface area (Å²) in [6.45, 7) is 0.413. The van der Waals surface area contributed by atoms with Crippen LogP contribution < -0.4 is 10.1 Å². The van der Waals surface area contributed by atoms with Gasteiger partial charge < -0.3 is 10.1 Å². The van der Waals surface area contributed by atoms with Gasteiger partial charge in [0.05, 0.1) is 0 Å². The standard InChI is InChI=1S/C12H10F3N3O/c13-12(14,15)19-11-3-1-2-10(4-11)18-7-9-5-16-8-17-6-9/h1-6,8,18H,7H2. The van der Waals surface area contributed by atoms with Crippen molar-refractivity contribution in [2.75, 3.05) is 5.32 Å². The van der Waals surface area contributed by atoms with Gasteiger partial charge in [0.1, 0.15) is 12.1 Å². The van der Waals surface area contributed by atoms with Crippen molar-refractivity contribution >= 4 is 5.69 Å². The van der Waals surface area contributed by atoms with E-state index in [0.717, 1.165) is 5.56 Å². The van der Waals surface area contributed by atoms with Crippen LogP contribution in [0.4, 0.5) is 18.9 Å². The molecule has 2 aromatic rings. The highest BCUT2D eigenvalue weighted by Gasteiger charge is 2.31. The first kappa shape index (κ1) is 13.1. The van der Waals surface area contributed by atoms with Crippen molar-refractivity contribution in [2.45, 2.75) is 12.9 Å². The number of nitrogens with zero attached hydrogens (tertiary/aromatic N) is 2. The lowest BCUT2D eigenvalue weighted by Crippen LogP contribution is -2.17. The van der Waals surface area contributed by atoms with E-state index in [1.807, 2.05) is 0 Å². The van der Waals surface area contributed by atoms with Crippen LogP contribution in [0.25, 0.3) is 0 Å². The molecule has 100 valence electrons. The molecule has 0 atom stereocenters. The van der Waals surface area contributed by atoms with Crippen molar-refractivity contribution in [3.05, 3.63) is 48.5 Å². The van der Waals surface area contributed by atoms with Crippen molar-refractivity contribution in [2.24, 2.45) is 0 Å². The van der Waals surface area contributed by atoms with Gasteiger partial charge in [-0.1, -0.05) is 6.07 Å². The van der Waals surface area contributed by atoms with Crippen molar-refractivity contribution < 1.29 is 17.9 Å². The molecule has 0 spiro atoms. The maximum absolute atomic E-state index is 12.1. The summed E-state index contributed by atoms with van der Waals surface area (Å²) < 4.78 is 40.0. The maximum Gasteiger partial charge on any atom is 0.573 e. The molecule has 0 amide bonds.